The minimum absolute atomic E-state index is 0.124. The Morgan fingerprint density at radius 1 is 1.04 bits per heavy atom. The van der Waals surface area contributed by atoms with Crippen molar-refractivity contribution in [3.63, 3.8) is 0 Å². The van der Waals surface area contributed by atoms with E-state index in [1.54, 1.807) is 36.4 Å². The lowest BCUT2D eigenvalue weighted by Gasteiger charge is -2.12. The van der Waals surface area contributed by atoms with Gasteiger partial charge in [0.25, 0.3) is 0 Å². The van der Waals surface area contributed by atoms with Crippen LogP contribution in [0.3, 0.4) is 0 Å². The molecule has 3 rings (SSSR count). The van der Waals surface area contributed by atoms with Gasteiger partial charge in [-0.15, -0.1) is 0 Å². The smallest absolute Gasteiger partial charge is 0.338 e. The van der Waals surface area contributed by atoms with Crippen molar-refractivity contribution < 1.29 is 23.8 Å². The zero-order chi connectivity index (χ0) is 16.4. The minimum atomic E-state index is -0.908. The number of fused-ring (bicyclic) bond motifs is 1. The average Bonchev–Trinajstić information content (AvgIpc) is 3.02. The molecule has 0 unspecified atom stereocenters. The predicted octanol–water partition coefficient (Wildman–Crippen LogP) is 3.50. The summed E-state index contributed by atoms with van der Waals surface area (Å²) < 4.78 is 15.6. The molecule has 0 radical (unpaired) electrons. The van der Waals surface area contributed by atoms with E-state index >= 15 is 0 Å². The molecule has 0 aliphatic carbocycles. The summed E-state index contributed by atoms with van der Waals surface area (Å²) in [5.41, 5.74) is 0.727. The number of carbonyl (C=O) groups is 2. The molecular weight excluding hydrogens is 320 g/mol. The first-order valence-corrected chi connectivity index (χ1v) is 7.33. The van der Waals surface area contributed by atoms with Crippen LogP contribution in [0.5, 0.6) is 11.5 Å². The molecule has 0 aromatic heterocycles. The van der Waals surface area contributed by atoms with Gasteiger partial charge in [-0.3, -0.25) is 4.79 Å². The fraction of sp³-hybridized carbons (Fsp3) is 0.176. The van der Waals surface area contributed by atoms with Crippen LogP contribution in [0.2, 0.25) is 5.02 Å². The first-order valence-electron chi connectivity index (χ1n) is 6.95. The van der Waals surface area contributed by atoms with Gasteiger partial charge in [0, 0.05) is 10.6 Å². The molecule has 0 saturated carbocycles. The maximum atomic E-state index is 12.2. The molecule has 6 heteroatoms. The molecular formula is C17H13ClO5. The van der Waals surface area contributed by atoms with E-state index in [9.17, 15) is 9.59 Å². The van der Waals surface area contributed by atoms with Gasteiger partial charge in [0.1, 0.15) is 0 Å². The number of esters is 1. The zero-order valence-corrected chi connectivity index (χ0v) is 13.0. The Balaban J connectivity index is 1.69. The van der Waals surface area contributed by atoms with Crippen molar-refractivity contribution >= 4 is 23.4 Å². The third-order valence-electron chi connectivity index (χ3n) is 3.39. The Labute approximate surface area is 137 Å². The highest BCUT2D eigenvalue weighted by Crippen LogP contribution is 2.32. The number of ketones is 1. The summed E-state index contributed by atoms with van der Waals surface area (Å²) in [6, 6.07) is 11.1. The molecule has 2 aromatic rings. The van der Waals surface area contributed by atoms with Gasteiger partial charge in [0.05, 0.1) is 5.56 Å². The number of ether oxygens (including phenoxy) is 3. The molecule has 0 saturated heterocycles. The molecule has 1 atom stereocenters. The average molecular weight is 333 g/mol. The van der Waals surface area contributed by atoms with E-state index < -0.39 is 12.1 Å². The van der Waals surface area contributed by atoms with Crippen LogP contribution in [0, 0.1) is 0 Å². The summed E-state index contributed by atoms with van der Waals surface area (Å²) in [4.78, 5) is 24.4. The standard InChI is InChI=1S/C17H13ClO5/c1-10(16(19)11-2-5-13(18)6-3-11)23-17(20)12-4-7-14-15(8-12)22-9-21-14/h2-8,10H,9H2,1H3/t10-/m0/s1. The summed E-state index contributed by atoms with van der Waals surface area (Å²) in [5, 5.41) is 0.534. The van der Waals surface area contributed by atoms with Gasteiger partial charge in [-0.1, -0.05) is 11.6 Å². The van der Waals surface area contributed by atoms with E-state index in [2.05, 4.69) is 0 Å². The molecule has 5 nitrogen and oxygen atoms in total. The van der Waals surface area contributed by atoms with Crippen molar-refractivity contribution in [2.24, 2.45) is 0 Å². The first-order chi connectivity index (χ1) is 11.0. The SMILES string of the molecule is C[C@H](OC(=O)c1ccc2c(c1)OCO2)C(=O)c1ccc(Cl)cc1. The van der Waals surface area contributed by atoms with Crippen LogP contribution in [-0.2, 0) is 4.74 Å². The van der Waals surface area contributed by atoms with Gasteiger partial charge in [-0.2, -0.15) is 0 Å². The molecule has 0 amide bonds. The van der Waals surface area contributed by atoms with Crippen LogP contribution < -0.4 is 9.47 Å². The Kier molecular flexibility index (Phi) is 4.21. The van der Waals surface area contributed by atoms with E-state index in [4.69, 9.17) is 25.8 Å². The molecule has 0 bridgehead atoms. The highest BCUT2D eigenvalue weighted by Gasteiger charge is 2.22. The molecule has 0 fully saturated rings. The lowest BCUT2D eigenvalue weighted by Crippen LogP contribution is -2.24. The van der Waals surface area contributed by atoms with Crippen LogP contribution in [0.1, 0.15) is 27.6 Å². The van der Waals surface area contributed by atoms with Crippen molar-refractivity contribution in [2.45, 2.75) is 13.0 Å². The number of halogens is 1. The molecule has 23 heavy (non-hydrogen) atoms. The van der Waals surface area contributed by atoms with Gasteiger partial charge < -0.3 is 14.2 Å². The minimum Gasteiger partial charge on any atom is -0.454 e. The molecule has 1 heterocycles. The van der Waals surface area contributed by atoms with Crippen LogP contribution in [0.25, 0.3) is 0 Å². The number of benzene rings is 2. The predicted molar refractivity (Wildman–Crippen MR) is 83.2 cm³/mol. The number of hydrogen-bond donors (Lipinski definition) is 0. The molecule has 1 aliphatic heterocycles. The van der Waals surface area contributed by atoms with E-state index in [0.29, 0.717) is 27.6 Å². The van der Waals surface area contributed by atoms with Gasteiger partial charge in [0.15, 0.2) is 17.6 Å². The van der Waals surface area contributed by atoms with Crippen LogP contribution in [0.15, 0.2) is 42.5 Å². The third kappa shape index (κ3) is 3.29. The normalized spacial score (nSPS) is 13.5. The lowest BCUT2D eigenvalue weighted by atomic mass is 10.1. The quantitative estimate of drug-likeness (QED) is 0.633. The van der Waals surface area contributed by atoms with Crippen molar-refractivity contribution in [2.75, 3.05) is 6.79 Å². The summed E-state index contributed by atoms with van der Waals surface area (Å²) >= 11 is 5.79. The first kappa shape index (κ1) is 15.4. The summed E-state index contributed by atoms with van der Waals surface area (Å²) in [5.74, 6) is 0.164. The van der Waals surface area contributed by atoms with Gasteiger partial charge in [0.2, 0.25) is 12.6 Å². The highest BCUT2D eigenvalue weighted by atomic mass is 35.5. The van der Waals surface area contributed by atoms with E-state index in [1.807, 2.05) is 0 Å². The van der Waals surface area contributed by atoms with E-state index in [0.717, 1.165) is 0 Å². The maximum absolute atomic E-state index is 12.2. The number of carbonyl (C=O) groups excluding carboxylic acids is 2. The van der Waals surface area contributed by atoms with Crippen molar-refractivity contribution in [1.29, 1.82) is 0 Å². The number of rotatable bonds is 4. The number of hydrogen-bond acceptors (Lipinski definition) is 5. The molecule has 0 N–H and O–H groups in total. The second kappa shape index (κ2) is 6.30. The summed E-state index contributed by atoms with van der Waals surface area (Å²) in [7, 11) is 0. The van der Waals surface area contributed by atoms with Crippen LogP contribution in [-0.4, -0.2) is 24.6 Å². The number of Topliss-reactive ketones (excluding diaryl/α,β-unsaturated/α-hetero) is 1. The zero-order valence-electron chi connectivity index (χ0n) is 12.2. The monoisotopic (exact) mass is 332 g/mol. The molecule has 0 spiro atoms. The Hall–Kier alpha value is -2.53. The van der Waals surface area contributed by atoms with Gasteiger partial charge in [-0.05, 0) is 49.4 Å². The molecule has 118 valence electrons. The summed E-state index contributed by atoms with van der Waals surface area (Å²) in [6.45, 7) is 1.65. The Morgan fingerprint density at radius 2 is 1.70 bits per heavy atom. The van der Waals surface area contributed by atoms with Crippen molar-refractivity contribution in [3.05, 3.63) is 58.6 Å². The summed E-state index contributed by atoms with van der Waals surface area (Å²) in [6.07, 6.45) is -0.908. The third-order valence-corrected chi connectivity index (χ3v) is 3.64. The second-order valence-electron chi connectivity index (χ2n) is 4.99. The fourth-order valence-corrected chi connectivity index (χ4v) is 2.28. The van der Waals surface area contributed by atoms with Crippen LogP contribution >= 0.6 is 11.6 Å². The van der Waals surface area contributed by atoms with Gasteiger partial charge >= 0.3 is 5.97 Å². The Bertz CT molecular complexity index is 754. The van der Waals surface area contributed by atoms with E-state index in [1.165, 1.54) is 13.0 Å². The molecule has 2 aromatic carbocycles. The van der Waals surface area contributed by atoms with Crippen molar-refractivity contribution in [1.82, 2.24) is 0 Å². The molecule has 1 aliphatic rings. The fourth-order valence-electron chi connectivity index (χ4n) is 2.15. The second-order valence-corrected chi connectivity index (χ2v) is 5.42. The Morgan fingerprint density at radius 3 is 2.43 bits per heavy atom. The largest absolute Gasteiger partial charge is 0.454 e. The highest BCUT2D eigenvalue weighted by molar-refractivity contribution is 6.30. The maximum Gasteiger partial charge on any atom is 0.338 e. The van der Waals surface area contributed by atoms with E-state index in [-0.39, 0.29) is 12.6 Å². The van der Waals surface area contributed by atoms with Gasteiger partial charge in [-0.25, -0.2) is 4.79 Å². The van der Waals surface area contributed by atoms with Crippen LogP contribution in [0.4, 0.5) is 0 Å². The van der Waals surface area contributed by atoms with Crippen molar-refractivity contribution in [3.8, 4) is 11.5 Å². The topological polar surface area (TPSA) is 61.8 Å². The lowest BCUT2D eigenvalue weighted by molar-refractivity contribution is 0.0318.